The lowest BCUT2D eigenvalue weighted by Crippen LogP contribution is -2.13. The molecule has 0 bridgehead atoms. The molecule has 0 aliphatic rings. The van der Waals surface area contributed by atoms with E-state index in [9.17, 15) is 9.46 Å². The number of anilines is 1. The Kier molecular flexibility index (Phi) is 4.75. The quantitative estimate of drug-likeness (QED) is 0.796. The third-order valence-electron chi connectivity index (χ3n) is 2.00. The smallest absolute Gasteiger partial charge is 0.359 e. The van der Waals surface area contributed by atoms with Crippen LogP contribution in [-0.2, 0) is 9.09 Å². The second kappa shape index (κ2) is 5.67. The summed E-state index contributed by atoms with van der Waals surface area (Å²) >= 11 is 0. The minimum Gasteiger partial charge on any atom is -0.383 e. The van der Waals surface area contributed by atoms with Crippen molar-refractivity contribution in [2.75, 3.05) is 5.32 Å². The molecule has 0 aromatic heterocycles. The second-order valence-electron chi connectivity index (χ2n) is 4.52. The average molecular weight is 257 g/mol. The fourth-order valence-corrected chi connectivity index (χ4v) is 2.65. The standard InChI is InChI=1S/C12H20NO3P/c1-9(2)13-11-5-7-12(8-6-11)17(14,15)16-10(3)4/h5-10,13H,1-4H3,(H,14,15). The zero-order valence-corrected chi connectivity index (χ0v) is 11.6. The van der Waals surface area contributed by atoms with Crippen molar-refractivity contribution in [3.8, 4) is 0 Å². The minimum absolute atomic E-state index is 0.278. The molecule has 0 fully saturated rings. The molecule has 17 heavy (non-hydrogen) atoms. The molecule has 1 atom stereocenters. The number of hydrogen-bond acceptors (Lipinski definition) is 3. The summed E-state index contributed by atoms with van der Waals surface area (Å²) in [4.78, 5) is 9.74. The normalized spacial score (nSPS) is 15.0. The highest BCUT2D eigenvalue weighted by Gasteiger charge is 2.23. The van der Waals surface area contributed by atoms with E-state index >= 15 is 0 Å². The topological polar surface area (TPSA) is 58.6 Å². The Morgan fingerprint density at radius 2 is 1.71 bits per heavy atom. The first-order valence-corrected chi connectivity index (χ1v) is 7.27. The first-order chi connectivity index (χ1) is 7.81. The van der Waals surface area contributed by atoms with Gasteiger partial charge in [-0.3, -0.25) is 4.57 Å². The van der Waals surface area contributed by atoms with Gasteiger partial charge >= 0.3 is 7.60 Å². The molecule has 0 radical (unpaired) electrons. The van der Waals surface area contributed by atoms with Gasteiger partial charge in [-0.2, -0.15) is 0 Å². The molecule has 0 amide bonds. The van der Waals surface area contributed by atoms with Gasteiger partial charge in [0.25, 0.3) is 0 Å². The van der Waals surface area contributed by atoms with Crippen LogP contribution in [0.25, 0.3) is 0 Å². The van der Waals surface area contributed by atoms with E-state index in [1.165, 1.54) is 0 Å². The van der Waals surface area contributed by atoms with Crippen molar-refractivity contribution < 1.29 is 14.0 Å². The minimum atomic E-state index is -3.68. The molecule has 0 saturated carbocycles. The van der Waals surface area contributed by atoms with Crippen LogP contribution in [0.5, 0.6) is 0 Å². The molecule has 0 aliphatic carbocycles. The van der Waals surface area contributed by atoms with Gasteiger partial charge in [-0.1, -0.05) is 0 Å². The van der Waals surface area contributed by atoms with E-state index in [-0.39, 0.29) is 6.10 Å². The molecule has 1 aromatic rings. The number of nitrogens with one attached hydrogen (secondary N) is 1. The highest BCUT2D eigenvalue weighted by Crippen LogP contribution is 2.42. The lowest BCUT2D eigenvalue weighted by Gasteiger charge is -2.16. The van der Waals surface area contributed by atoms with Crippen LogP contribution in [0.2, 0.25) is 0 Å². The molecule has 1 aromatic carbocycles. The molecule has 96 valence electrons. The number of benzene rings is 1. The van der Waals surface area contributed by atoms with Crippen molar-refractivity contribution in [2.45, 2.75) is 39.8 Å². The van der Waals surface area contributed by atoms with Crippen LogP contribution in [0.4, 0.5) is 5.69 Å². The summed E-state index contributed by atoms with van der Waals surface area (Å²) < 4.78 is 16.9. The van der Waals surface area contributed by atoms with Gasteiger partial charge in [0.05, 0.1) is 11.4 Å². The van der Waals surface area contributed by atoms with Crippen molar-refractivity contribution in [1.82, 2.24) is 0 Å². The predicted molar refractivity (Wildman–Crippen MR) is 70.9 cm³/mol. The zero-order chi connectivity index (χ0) is 13.1. The summed E-state index contributed by atoms with van der Waals surface area (Å²) in [5.74, 6) is 0. The molecule has 5 heteroatoms. The van der Waals surface area contributed by atoms with Crippen LogP contribution >= 0.6 is 7.60 Å². The van der Waals surface area contributed by atoms with E-state index in [2.05, 4.69) is 5.32 Å². The molecule has 4 nitrogen and oxygen atoms in total. The largest absolute Gasteiger partial charge is 0.383 e. The van der Waals surface area contributed by atoms with E-state index in [0.29, 0.717) is 11.3 Å². The van der Waals surface area contributed by atoms with Crippen LogP contribution in [0.1, 0.15) is 27.7 Å². The fraction of sp³-hybridized carbons (Fsp3) is 0.500. The van der Waals surface area contributed by atoms with Gasteiger partial charge in [0.1, 0.15) is 0 Å². The van der Waals surface area contributed by atoms with Gasteiger partial charge in [0, 0.05) is 11.7 Å². The molecule has 1 rings (SSSR count). The Morgan fingerprint density at radius 1 is 1.18 bits per heavy atom. The first-order valence-electron chi connectivity index (χ1n) is 5.69. The maximum Gasteiger partial charge on any atom is 0.359 e. The number of rotatable bonds is 5. The van der Waals surface area contributed by atoms with Crippen molar-refractivity contribution in [1.29, 1.82) is 0 Å². The highest BCUT2D eigenvalue weighted by atomic mass is 31.2. The third kappa shape index (κ3) is 4.50. The summed E-state index contributed by atoms with van der Waals surface area (Å²) in [5.41, 5.74) is 0.924. The molecule has 0 spiro atoms. The molecule has 2 N–H and O–H groups in total. The highest BCUT2D eigenvalue weighted by molar-refractivity contribution is 7.61. The van der Waals surface area contributed by atoms with Crippen LogP contribution in [0.15, 0.2) is 24.3 Å². The third-order valence-corrected chi connectivity index (χ3v) is 3.66. The van der Waals surface area contributed by atoms with Gasteiger partial charge in [-0.05, 0) is 52.0 Å². The molecular weight excluding hydrogens is 237 g/mol. The number of hydrogen-bond donors (Lipinski definition) is 2. The van der Waals surface area contributed by atoms with E-state index in [1.807, 2.05) is 13.8 Å². The van der Waals surface area contributed by atoms with Gasteiger partial charge in [-0.15, -0.1) is 0 Å². The van der Waals surface area contributed by atoms with Crippen molar-refractivity contribution >= 4 is 18.6 Å². The van der Waals surface area contributed by atoms with Crippen molar-refractivity contribution in [3.05, 3.63) is 24.3 Å². The maximum absolute atomic E-state index is 11.9. The zero-order valence-electron chi connectivity index (χ0n) is 10.7. The van der Waals surface area contributed by atoms with Crippen LogP contribution < -0.4 is 10.6 Å². The lowest BCUT2D eigenvalue weighted by atomic mass is 10.3. The summed E-state index contributed by atoms with van der Waals surface area (Å²) in [6, 6.07) is 7.12. The Morgan fingerprint density at radius 3 is 2.12 bits per heavy atom. The Bertz CT molecular complexity index is 401. The molecule has 0 heterocycles. The van der Waals surface area contributed by atoms with Crippen LogP contribution in [-0.4, -0.2) is 17.0 Å². The molecule has 0 aliphatic heterocycles. The van der Waals surface area contributed by atoms with Crippen LogP contribution in [0, 0.1) is 0 Å². The van der Waals surface area contributed by atoms with Crippen molar-refractivity contribution in [2.24, 2.45) is 0 Å². The summed E-state index contributed by atoms with van der Waals surface area (Å²) in [6.45, 7) is 7.54. The molecular formula is C12H20NO3P. The lowest BCUT2D eigenvalue weighted by molar-refractivity contribution is 0.212. The van der Waals surface area contributed by atoms with Gasteiger partial charge in [-0.25, -0.2) is 0 Å². The van der Waals surface area contributed by atoms with E-state index in [1.54, 1.807) is 38.1 Å². The second-order valence-corrected chi connectivity index (χ2v) is 6.29. The van der Waals surface area contributed by atoms with Crippen molar-refractivity contribution in [3.63, 3.8) is 0 Å². The fourth-order valence-electron chi connectivity index (χ4n) is 1.43. The van der Waals surface area contributed by atoms with E-state index < -0.39 is 7.60 Å². The van der Waals surface area contributed by atoms with E-state index in [4.69, 9.17) is 4.52 Å². The Balaban J connectivity index is 2.83. The van der Waals surface area contributed by atoms with Crippen LogP contribution in [0.3, 0.4) is 0 Å². The van der Waals surface area contributed by atoms with E-state index in [0.717, 1.165) is 5.69 Å². The molecule has 0 saturated heterocycles. The van der Waals surface area contributed by atoms with Gasteiger partial charge in [0.15, 0.2) is 0 Å². The summed E-state index contributed by atoms with van der Waals surface area (Å²) in [7, 11) is -3.68. The average Bonchev–Trinajstić information content (AvgIpc) is 2.15. The summed E-state index contributed by atoms with van der Waals surface area (Å²) in [5, 5.41) is 3.53. The SMILES string of the molecule is CC(C)Nc1ccc(P(=O)(O)OC(C)C)cc1. The first kappa shape index (κ1) is 14.2. The monoisotopic (exact) mass is 257 g/mol. The Labute approximate surface area is 103 Å². The van der Waals surface area contributed by atoms with Gasteiger partial charge < -0.3 is 14.7 Å². The maximum atomic E-state index is 11.9. The molecule has 1 unspecified atom stereocenters. The summed E-state index contributed by atoms with van der Waals surface area (Å²) in [6.07, 6.45) is -0.278. The van der Waals surface area contributed by atoms with Gasteiger partial charge in [0.2, 0.25) is 0 Å². The predicted octanol–water partition coefficient (Wildman–Crippen LogP) is 2.74. The Hall–Kier alpha value is -0.830.